The van der Waals surface area contributed by atoms with E-state index >= 15 is 4.39 Å². The molecule has 0 aliphatic carbocycles. The monoisotopic (exact) mass is 713 g/mol. The zero-order valence-electron chi connectivity index (χ0n) is 24.5. The van der Waals surface area contributed by atoms with E-state index in [1.165, 1.54) is 30.3 Å². The first-order valence-electron chi connectivity index (χ1n) is 13.8. The predicted molar refractivity (Wildman–Crippen MR) is 166 cm³/mol. The van der Waals surface area contributed by atoms with Crippen molar-refractivity contribution >= 4 is 51.6 Å². The molecule has 252 valence electrons. The van der Waals surface area contributed by atoms with Gasteiger partial charge in [0.25, 0.3) is 0 Å². The number of aliphatic imine (C=N–C) groups is 1. The second kappa shape index (κ2) is 14.2. The van der Waals surface area contributed by atoms with E-state index in [-0.39, 0.29) is 41.1 Å². The van der Waals surface area contributed by atoms with E-state index < -0.39 is 42.5 Å². The molecule has 18 heteroatoms. The lowest BCUT2D eigenvalue weighted by Gasteiger charge is -2.20. The molecule has 9 nitrogen and oxygen atoms in total. The summed E-state index contributed by atoms with van der Waals surface area (Å²) in [5.74, 6) is -1.65. The lowest BCUT2D eigenvalue weighted by molar-refractivity contribution is -0.274. The molecule has 0 spiro atoms. The fraction of sp³-hybridized carbons (Fsp3) is 0.233. The highest BCUT2D eigenvalue weighted by atomic mass is 32.2. The molecule has 1 N–H and O–H groups in total. The van der Waals surface area contributed by atoms with E-state index in [4.69, 9.17) is 4.74 Å². The average molecular weight is 714 g/mol. The van der Waals surface area contributed by atoms with Crippen molar-refractivity contribution in [3.8, 4) is 32.6 Å². The van der Waals surface area contributed by atoms with Gasteiger partial charge in [-0.05, 0) is 73.5 Å². The number of halogens is 7. The molecule has 0 atom stereocenters. The van der Waals surface area contributed by atoms with Gasteiger partial charge in [-0.25, -0.2) is 9.18 Å². The summed E-state index contributed by atoms with van der Waals surface area (Å²) in [5, 5.41) is 11.0. The molecule has 3 aromatic carbocycles. The van der Waals surface area contributed by atoms with Crippen LogP contribution in [0.1, 0.15) is 18.4 Å². The number of carbonyl (C=O) groups excluding carboxylic acids is 2. The van der Waals surface area contributed by atoms with Crippen molar-refractivity contribution in [2.45, 2.75) is 32.3 Å². The number of aryl methyl sites for hydroxylation is 1. The topological polar surface area (TPSA) is 106 Å². The number of rotatable bonds is 9. The van der Waals surface area contributed by atoms with Gasteiger partial charge in [-0.15, -0.1) is 23.4 Å². The summed E-state index contributed by atoms with van der Waals surface area (Å²) in [4.78, 5) is 30.7. The third kappa shape index (κ3) is 9.00. The Morgan fingerprint density at radius 3 is 2.33 bits per heavy atom. The van der Waals surface area contributed by atoms with Crippen LogP contribution in [0.3, 0.4) is 0 Å². The van der Waals surface area contributed by atoms with Crippen LogP contribution in [0.4, 0.5) is 46.9 Å². The predicted octanol–water partition coefficient (Wildman–Crippen LogP) is 8.61. The number of hydrogen-bond donors (Lipinski definition) is 1. The van der Waals surface area contributed by atoms with Gasteiger partial charge < -0.3 is 14.8 Å². The maximum atomic E-state index is 15.1. The number of ether oxygens (including phenoxy) is 2. The minimum Gasteiger partial charge on any atom is -0.491 e. The largest absolute Gasteiger partial charge is 0.573 e. The fourth-order valence-electron chi connectivity index (χ4n) is 4.30. The number of hydrogen-bond acceptors (Lipinski definition) is 8. The molecule has 4 aromatic rings. The molecule has 1 fully saturated rings. The van der Waals surface area contributed by atoms with Gasteiger partial charge in [-0.3, -0.25) is 9.69 Å². The Bertz CT molecular complexity index is 1850. The molecule has 0 unspecified atom stereocenters. The molecule has 5 rings (SSSR count). The van der Waals surface area contributed by atoms with Gasteiger partial charge >= 0.3 is 18.6 Å². The summed E-state index contributed by atoms with van der Waals surface area (Å²) in [6, 6.07) is 12.6. The Morgan fingerprint density at radius 2 is 1.67 bits per heavy atom. The van der Waals surface area contributed by atoms with Crippen molar-refractivity contribution in [3.63, 3.8) is 0 Å². The van der Waals surface area contributed by atoms with E-state index in [2.05, 4.69) is 25.2 Å². The van der Waals surface area contributed by atoms with E-state index in [1.54, 1.807) is 19.1 Å². The molecule has 1 aromatic heterocycles. The van der Waals surface area contributed by atoms with Crippen LogP contribution in [0.25, 0.3) is 21.1 Å². The highest BCUT2D eigenvalue weighted by molar-refractivity contribution is 8.15. The first-order valence-corrected chi connectivity index (χ1v) is 15.6. The summed E-state index contributed by atoms with van der Waals surface area (Å²) in [6.45, 7) is 1.47. The van der Waals surface area contributed by atoms with Crippen LogP contribution in [-0.2, 0) is 4.79 Å². The van der Waals surface area contributed by atoms with Crippen molar-refractivity contribution in [2.75, 3.05) is 22.6 Å². The molecule has 2 heterocycles. The Kier molecular flexibility index (Phi) is 10.2. The summed E-state index contributed by atoms with van der Waals surface area (Å²) in [6.07, 6.45) is -10.5. The lowest BCUT2D eigenvalue weighted by atomic mass is 10.2. The van der Waals surface area contributed by atoms with Crippen molar-refractivity contribution in [2.24, 2.45) is 4.99 Å². The molecule has 0 radical (unpaired) electrons. The molecule has 48 heavy (non-hydrogen) atoms. The summed E-state index contributed by atoms with van der Waals surface area (Å²) in [5.41, 5.74) is 1.44. The number of carbonyl (C=O) groups is 2. The lowest BCUT2D eigenvalue weighted by Crippen LogP contribution is -2.31. The fourth-order valence-corrected chi connectivity index (χ4v) is 6.00. The molecular weight excluding hydrogens is 691 g/mol. The number of benzene rings is 3. The number of anilines is 2. The Morgan fingerprint density at radius 1 is 0.979 bits per heavy atom. The molecule has 1 saturated heterocycles. The van der Waals surface area contributed by atoms with Gasteiger partial charge in [0.1, 0.15) is 27.3 Å². The summed E-state index contributed by atoms with van der Waals surface area (Å²) >= 11 is 2.00. The van der Waals surface area contributed by atoms with Crippen LogP contribution in [0.5, 0.6) is 11.5 Å². The first-order chi connectivity index (χ1) is 22.6. The maximum Gasteiger partial charge on any atom is 0.573 e. The summed E-state index contributed by atoms with van der Waals surface area (Å²) < 4.78 is 99.4. The number of urea groups is 1. The Hall–Kier alpha value is -4.71. The molecule has 1 aliphatic rings. The first kappa shape index (κ1) is 34.6. The van der Waals surface area contributed by atoms with E-state index in [9.17, 15) is 35.9 Å². The minimum atomic E-state index is -4.83. The molecule has 0 saturated carbocycles. The van der Waals surface area contributed by atoms with Gasteiger partial charge in [-0.1, -0.05) is 29.2 Å². The third-order valence-electron chi connectivity index (χ3n) is 6.40. The van der Waals surface area contributed by atoms with E-state index in [0.717, 1.165) is 46.2 Å². The maximum absolute atomic E-state index is 15.1. The van der Waals surface area contributed by atoms with Gasteiger partial charge in [0.2, 0.25) is 5.91 Å². The summed E-state index contributed by atoms with van der Waals surface area (Å²) in [7, 11) is 0. The second-order valence-electron chi connectivity index (χ2n) is 10.1. The van der Waals surface area contributed by atoms with Gasteiger partial charge in [0, 0.05) is 17.5 Å². The Labute approximate surface area is 275 Å². The number of amides is 3. The number of thioether (sulfide) groups is 1. The average Bonchev–Trinajstić information content (AvgIpc) is 3.63. The van der Waals surface area contributed by atoms with Crippen molar-refractivity contribution in [3.05, 3.63) is 72.0 Å². The molecule has 3 amide bonds. The van der Waals surface area contributed by atoms with Crippen LogP contribution in [0.2, 0.25) is 0 Å². The second-order valence-corrected chi connectivity index (χ2v) is 12.0. The number of alkyl halides is 6. The van der Waals surface area contributed by atoms with Crippen LogP contribution >= 0.6 is 23.1 Å². The van der Waals surface area contributed by atoms with Crippen LogP contribution in [0.15, 0.2) is 65.7 Å². The van der Waals surface area contributed by atoms with Crippen LogP contribution in [0, 0.1) is 12.7 Å². The van der Waals surface area contributed by atoms with E-state index in [0.29, 0.717) is 26.7 Å². The zero-order valence-corrected chi connectivity index (χ0v) is 26.1. The third-order valence-corrected chi connectivity index (χ3v) is 8.34. The van der Waals surface area contributed by atoms with Crippen molar-refractivity contribution in [1.82, 2.24) is 10.2 Å². The smallest absolute Gasteiger partial charge is 0.491 e. The van der Waals surface area contributed by atoms with Crippen molar-refractivity contribution < 1.29 is 49.8 Å². The number of amidine groups is 1. The van der Waals surface area contributed by atoms with Crippen molar-refractivity contribution in [1.29, 1.82) is 0 Å². The van der Waals surface area contributed by atoms with E-state index in [1.807, 2.05) is 0 Å². The minimum absolute atomic E-state index is 0.0420. The van der Waals surface area contributed by atoms with Gasteiger partial charge in [0.05, 0.1) is 23.7 Å². The SMILES string of the molecule is Cc1ccc(OCCCC(F)(F)F)c(N2C(=O)CSC2=NC(=O)Nc2ccc(-c3nnc(-c4ccc(OC(F)(F)F)cc4)s3)cc2F)c1. The molecular formula is C30H22F7N5O4S2. The standard InChI is InChI=1S/C30H22F7N5O4S2/c1-16-3-10-23(45-12-2-11-29(32,33)34)22(13-16)42-24(43)15-47-28(42)39-27(44)38-21-9-6-18(14-20(21)31)26-41-40-25(48-26)17-4-7-19(8-5-17)46-30(35,36)37/h3-10,13-14H,2,11-12,15H2,1H3,(H,38,44). The number of nitrogens with one attached hydrogen (secondary N) is 1. The highest BCUT2D eigenvalue weighted by Gasteiger charge is 2.33. The van der Waals surface area contributed by atoms with Crippen LogP contribution < -0.4 is 19.7 Å². The van der Waals surface area contributed by atoms with Gasteiger partial charge in [-0.2, -0.15) is 18.2 Å². The number of aromatic nitrogens is 2. The molecule has 0 bridgehead atoms. The highest BCUT2D eigenvalue weighted by Crippen LogP contribution is 2.36. The van der Waals surface area contributed by atoms with Gasteiger partial charge in [0.15, 0.2) is 5.17 Å². The zero-order chi connectivity index (χ0) is 34.6. The quantitative estimate of drug-likeness (QED) is 0.137. The number of nitrogens with zero attached hydrogens (tertiary/aromatic N) is 4. The molecule has 1 aliphatic heterocycles. The Balaban J connectivity index is 1.27. The van der Waals surface area contributed by atoms with Crippen LogP contribution in [-0.4, -0.2) is 52.2 Å². The normalized spacial score (nSPS) is 14.5.